The minimum atomic E-state index is -1.49. The summed E-state index contributed by atoms with van der Waals surface area (Å²) < 4.78 is 0. The van der Waals surface area contributed by atoms with E-state index in [1.54, 1.807) is 6.92 Å². The van der Waals surface area contributed by atoms with Crippen molar-refractivity contribution in [1.82, 2.24) is 31.9 Å². The van der Waals surface area contributed by atoms with Crippen molar-refractivity contribution in [2.45, 2.75) is 121 Å². The molecule has 2 aromatic rings. The molecular weight excluding hydrogens is 752 g/mol. The van der Waals surface area contributed by atoms with Gasteiger partial charge in [-0.3, -0.25) is 24.0 Å². The number of carbonyl (C=O) groups is 8. The van der Waals surface area contributed by atoms with Gasteiger partial charge in [0, 0.05) is 45.2 Å². The third-order valence-electron chi connectivity index (χ3n) is 9.15. The van der Waals surface area contributed by atoms with Crippen LogP contribution in [0.25, 0.3) is 0 Å². The maximum Gasteiger partial charge on any atom is 0.326 e. The van der Waals surface area contributed by atoms with Gasteiger partial charge in [-0.05, 0) is 49.7 Å². The fourth-order valence-corrected chi connectivity index (χ4v) is 5.89. The van der Waals surface area contributed by atoms with E-state index < -0.39 is 60.4 Å². The molecule has 4 unspecified atom stereocenters. The molecule has 0 heterocycles. The van der Waals surface area contributed by atoms with Crippen molar-refractivity contribution >= 4 is 47.6 Å². The van der Waals surface area contributed by atoms with Crippen molar-refractivity contribution in [2.75, 3.05) is 13.1 Å². The first-order chi connectivity index (χ1) is 27.8. The van der Waals surface area contributed by atoms with Crippen molar-refractivity contribution in [3.8, 4) is 0 Å². The Hall–Kier alpha value is -6.00. The van der Waals surface area contributed by atoms with Gasteiger partial charge >= 0.3 is 23.9 Å². The van der Waals surface area contributed by atoms with Crippen LogP contribution in [0.3, 0.4) is 0 Å². The summed E-state index contributed by atoms with van der Waals surface area (Å²) in [4.78, 5) is 97.1. The molecule has 2 aromatic carbocycles. The summed E-state index contributed by atoms with van der Waals surface area (Å²) in [6.07, 6.45) is 4.86. The van der Waals surface area contributed by atoms with Crippen molar-refractivity contribution in [1.29, 1.82) is 0 Å². The molecule has 0 radical (unpaired) electrons. The highest BCUT2D eigenvalue weighted by molar-refractivity contribution is 5.92. The van der Waals surface area contributed by atoms with Gasteiger partial charge in [0.1, 0.15) is 24.2 Å². The first-order valence-corrected chi connectivity index (χ1v) is 19.7. The van der Waals surface area contributed by atoms with Crippen LogP contribution < -0.4 is 31.9 Å². The van der Waals surface area contributed by atoms with Gasteiger partial charge in [-0.25, -0.2) is 14.4 Å². The zero-order valence-corrected chi connectivity index (χ0v) is 33.0. The van der Waals surface area contributed by atoms with Crippen LogP contribution in [0.5, 0.6) is 0 Å². The highest BCUT2D eigenvalue weighted by Crippen LogP contribution is 2.09. The van der Waals surface area contributed by atoms with Gasteiger partial charge in [0.2, 0.25) is 23.6 Å². The number of hydrogen-bond donors (Lipinski definition) is 9. The second kappa shape index (κ2) is 27.6. The molecule has 0 fully saturated rings. The lowest BCUT2D eigenvalue weighted by Crippen LogP contribution is -2.55. The molecule has 0 spiro atoms. The molecule has 0 aliphatic rings. The lowest BCUT2D eigenvalue weighted by Gasteiger charge is -2.23. The van der Waals surface area contributed by atoms with E-state index in [2.05, 4.69) is 31.9 Å². The fourth-order valence-electron chi connectivity index (χ4n) is 5.89. The van der Waals surface area contributed by atoms with E-state index in [9.17, 15) is 43.5 Å². The van der Waals surface area contributed by atoms with Gasteiger partial charge in [0.15, 0.2) is 0 Å². The lowest BCUT2D eigenvalue weighted by molar-refractivity contribution is -0.141. The average Bonchev–Trinajstić information content (AvgIpc) is 3.19. The van der Waals surface area contributed by atoms with E-state index in [0.717, 1.165) is 30.4 Å². The van der Waals surface area contributed by atoms with Gasteiger partial charge in [-0.1, -0.05) is 86.8 Å². The van der Waals surface area contributed by atoms with Crippen molar-refractivity contribution < 1.29 is 53.7 Å². The summed E-state index contributed by atoms with van der Waals surface area (Å²) in [5.74, 6) is -5.19. The Morgan fingerprint density at radius 2 is 1.00 bits per heavy atom. The molecule has 0 aliphatic carbocycles. The van der Waals surface area contributed by atoms with Crippen molar-refractivity contribution in [3.63, 3.8) is 0 Å². The minimum Gasteiger partial charge on any atom is -0.481 e. The predicted octanol–water partition coefficient (Wildman–Crippen LogP) is 2.67. The van der Waals surface area contributed by atoms with E-state index in [-0.39, 0.29) is 49.8 Å². The van der Waals surface area contributed by atoms with Crippen LogP contribution in [0.2, 0.25) is 0 Å². The number of urea groups is 1. The first-order valence-electron chi connectivity index (χ1n) is 19.7. The normalized spacial score (nSPS) is 12.8. The molecule has 2 rings (SSSR count). The number of nitrogens with one attached hydrogen (secondary N) is 6. The number of carboxylic acids is 3. The summed E-state index contributed by atoms with van der Waals surface area (Å²) in [6, 6.07) is 13.1. The van der Waals surface area contributed by atoms with Gasteiger partial charge in [-0.2, -0.15) is 0 Å². The number of hydrogen-bond acceptors (Lipinski definition) is 8. The Morgan fingerprint density at radius 1 is 0.500 bits per heavy atom. The van der Waals surface area contributed by atoms with Gasteiger partial charge < -0.3 is 47.2 Å². The number of rotatable bonds is 29. The highest BCUT2D eigenvalue weighted by atomic mass is 16.4. The van der Waals surface area contributed by atoms with Crippen LogP contribution in [-0.2, 0) is 46.4 Å². The third-order valence-corrected chi connectivity index (χ3v) is 9.15. The molecule has 9 N–H and O–H groups in total. The van der Waals surface area contributed by atoms with Crippen LogP contribution in [0.1, 0.15) is 95.1 Å². The molecule has 0 saturated heterocycles. The number of amides is 6. The number of unbranched alkanes of at least 4 members (excludes halogenated alkanes) is 5. The van der Waals surface area contributed by atoms with E-state index in [1.807, 2.05) is 60.7 Å². The molecule has 58 heavy (non-hydrogen) atoms. The van der Waals surface area contributed by atoms with Crippen LogP contribution in [-0.4, -0.2) is 100 Å². The third kappa shape index (κ3) is 20.8. The van der Waals surface area contributed by atoms with Crippen molar-refractivity contribution in [2.24, 2.45) is 0 Å². The zero-order chi connectivity index (χ0) is 42.7. The van der Waals surface area contributed by atoms with Crippen LogP contribution in [0.4, 0.5) is 4.79 Å². The second-order valence-electron chi connectivity index (χ2n) is 13.9. The van der Waals surface area contributed by atoms with E-state index in [4.69, 9.17) is 10.2 Å². The average molecular weight is 811 g/mol. The summed E-state index contributed by atoms with van der Waals surface area (Å²) >= 11 is 0. The molecule has 0 aliphatic heterocycles. The minimum absolute atomic E-state index is 0.0299. The SMILES string of the molecule is CCC(=O)NC(Cc1ccccc1)C(=O)NC(Cc1ccccc1)C(=O)NCCCCCCCC(=O)NCCCCC(NC(=O)NC(CCC(=O)O)C(=O)O)C(=O)O. The molecule has 6 amide bonds. The fraction of sp³-hybridized carbons (Fsp3) is 0.512. The van der Waals surface area contributed by atoms with Gasteiger partial charge in [0.05, 0.1) is 0 Å². The summed E-state index contributed by atoms with van der Waals surface area (Å²) in [7, 11) is 0. The Bertz CT molecular complexity index is 1630. The number of carbonyl (C=O) groups excluding carboxylic acids is 5. The molecule has 17 heteroatoms. The Morgan fingerprint density at radius 3 is 1.55 bits per heavy atom. The maximum atomic E-state index is 13.5. The molecule has 17 nitrogen and oxygen atoms in total. The zero-order valence-electron chi connectivity index (χ0n) is 33.0. The van der Waals surface area contributed by atoms with Crippen LogP contribution >= 0.6 is 0 Å². The number of aliphatic carboxylic acids is 3. The Kier molecular flexibility index (Phi) is 22.9. The van der Waals surface area contributed by atoms with Gasteiger partial charge in [-0.15, -0.1) is 0 Å². The largest absolute Gasteiger partial charge is 0.481 e. The van der Waals surface area contributed by atoms with Gasteiger partial charge in [0.25, 0.3) is 0 Å². The van der Waals surface area contributed by atoms with E-state index in [1.165, 1.54) is 0 Å². The number of carboxylic acid groups (broad SMARTS) is 3. The standard InChI is InChI=1S/C41H58N6O11/c1-2-34(48)44-33(27-29-18-10-7-11-19-29)38(53)45-32(26-28-16-8-6-9-17-28)37(52)43-25-14-5-3-4-12-21-35(49)42-24-15-13-20-30(39(54)55)46-41(58)47-31(40(56)57)22-23-36(50)51/h6-11,16-19,30-33H,2-5,12-15,20-27H2,1H3,(H,42,49)(H,43,52)(H,44,48)(H,45,53)(H,50,51)(H,54,55)(H,56,57)(H2,46,47,58). The van der Waals surface area contributed by atoms with E-state index >= 15 is 0 Å². The molecule has 0 aromatic heterocycles. The van der Waals surface area contributed by atoms with Crippen LogP contribution in [0, 0.1) is 0 Å². The summed E-state index contributed by atoms with van der Waals surface area (Å²) in [5.41, 5.74) is 1.75. The second-order valence-corrected chi connectivity index (χ2v) is 13.9. The molecule has 0 bridgehead atoms. The first kappa shape index (κ1) is 48.1. The smallest absolute Gasteiger partial charge is 0.326 e. The van der Waals surface area contributed by atoms with Crippen molar-refractivity contribution in [3.05, 3.63) is 71.8 Å². The maximum absolute atomic E-state index is 13.5. The summed E-state index contributed by atoms with van der Waals surface area (Å²) in [6.45, 7) is 2.41. The van der Waals surface area contributed by atoms with E-state index in [0.29, 0.717) is 45.2 Å². The molecule has 0 saturated carbocycles. The number of benzene rings is 2. The molecule has 318 valence electrons. The highest BCUT2D eigenvalue weighted by Gasteiger charge is 2.28. The molecular formula is C41H58N6O11. The molecule has 4 atom stereocenters. The quantitative estimate of drug-likeness (QED) is 0.0539. The predicted molar refractivity (Wildman–Crippen MR) is 213 cm³/mol. The monoisotopic (exact) mass is 810 g/mol. The Balaban J connectivity index is 1.69. The Labute approximate surface area is 338 Å². The topological polar surface area (TPSA) is 269 Å². The lowest BCUT2D eigenvalue weighted by atomic mass is 10.0. The van der Waals surface area contributed by atoms with Crippen LogP contribution in [0.15, 0.2) is 60.7 Å². The summed E-state index contributed by atoms with van der Waals surface area (Å²) in [5, 5.41) is 43.0.